The van der Waals surface area contributed by atoms with E-state index in [1.165, 1.54) is 11.8 Å². The summed E-state index contributed by atoms with van der Waals surface area (Å²) in [7, 11) is 0. The SMILES string of the molecule is CSCC[C@H](NC(=O)CN(Cc1ccccc1C#N)C[C@@H]1CCCN1C(=O)CN)C(=O)O. The van der Waals surface area contributed by atoms with Gasteiger partial charge in [-0.15, -0.1) is 0 Å². The molecule has 2 atom stereocenters. The standard InChI is InChI=1S/C22H31N5O4S/c1-32-10-8-19(22(30)31)25-20(28)15-26(13-17-6-3-2-5-16(17)11-23)14-18-7-4-9-27(18)21(29)12-24/h2-3,5-6,18-19H,4,7-10,12-15,24H2,1H3,(H,25,28)(H,30,31)/t18-,19-/m0/s1. The van der Waals surface area contributed by atoms with Gasteiger partial charge in [0.2, 0.25) is 11.8 Å². The van der Waals surface area contributed by atoms with E-state index in [1.54, 1.807) is 17.0 Å². The van der Waals surface area contributed by atoms with Crippen LogP contribution in [0.15, 0.2) is 24.3 Å². The highest BCUT2D eigenvalue weighted by Gasteiger charge is 2.30. The van der Waals surface area contributed by atoms with Crippen LogP contribution in [0.2, 0.25) is 0 Å². The zero-order valence-electron chi connectivity index (χ0n) is 18.3. The Bertz CT molecular complexity index is 844. The summed E-state index contributed by atoms with van der Waals surface area (Å²) in [5.41, 5.74) is 6.84. The highest BCUT2D eigenvalue weighted by atomic mass is 32.2. The Kier molecular flexibility index (Phi) is 10.5. The molecule has 1 fully saturated rings. The Morgan fingerprint density at radius 1 is 1.41 bits per heavy atom. The van der Waals surface area contributed by atoms with Crippen molar-refractivity contribution in [3.05, 3.63) is 35.4 Å². The molecular weight excluding hydrogens is 430 g/mol. The van der Waals surface area contributed by atoms with E-state index in [0.717, 1.165) is 18.4 Å². The second-order valence-electron chi connectivity index (χ2n) is 7.77. The molecule has 1 aromatic rings. The van der Waals surface area contributed by atoms with Gasteiger partial charge in [-0.25, -0.2) is 4.79 Å². The van der Waals surface area contributed by atoms with Crippen LogP contribution in [0.3, 0.4) is 0 Å². The van der Waals surface area contributed by atoms with Gasteiger partial charge in [-0.3, -0.25) is 14.5 Å². The molecule has 174 valence electrons. The first-order valence-corrected chi connectivity index (χ1v) is 12.0. The predicted molar refractivity (Wildman–Crippen MR) is 123 cm³/mol. The smallest absolute Gasteiger partial charge is 0.326 e. The molecule has 1 saturated heterocycles. The van der Waals surface area contributed by atoms with E-state index < -0.39 is 17.9 Å². The van der Waals surface area contributed by atoms with E-state index in [-0.39, 0.29) is 25.0 Å². The number of amides is 2. The van der Waals surface area contributed by atoms with Gasteiger partial charge in [-0.05, 0) is 42.9 Å². The second-order valence-corrected chi connectivity index (χ2v) is 8.75. The van der Waals surface area contributed by atoms with Crippen LogP contribution in [0.4, 0.5) is 0 Å². The number of hydrogen-bond donors (Lipinski definition) is 3. The first kappa shape index (κ1) is 25.6. The van der Waals surface area contributed by atoms with Crippen LogP contribution in [-0.2, 0) is 20.9 Å². The minimum Gasteiger partial charge on any atom is -0.480 e. The molecule has 0 spiro atoms. The van der Waals surface area contributed by atoms with Gasteiger partial charge in [-0.2, -0.15) is 17.0 Å². The van der Waals surface area contributed by atoms with E-state index in [9.17, 15) is 24.8 Å². The summed E-state index contributed by atoms with van der Waals surface area (Å²) >= 11 is 1.52. The van der Waals surface area contributed by atoms with Crippen LogP contribution in [0, 0.1) is 11.3 Å². The lowest BCUT2D eigenvalue weighted by atomic mass is 10.1. The molecule has 0 aromatic heterocycles. The van der Waals surface area contributed by atoms with Gasteiger partial charge < -0.3 is 21.1 Å². The third kappa shape index (κ3) is 7.51. The normalized spacial score (nSPS) is 16.6. The maximum atomic E-state index is 12.7. The summed E-state index contributed by atoms with van der Waals surface area (Å²) < 4.78 is 0. The van der Waals surface area contributed by atoms with Crippen molar-refractivity contribution in [2.45, 2.75) is 37.9 Å². The maximum Gasteiger partial charge on any atom is 0.326 e. The molecule has 0 saturated carbocycles. The molecule has 1 heterocycles. The number of likely N-dealkylation sites (tertiary alicyclic amines) is 1. The van der Waals surface area contributed by atoms with E-state index >= 15 is 0 Å². The number of carbonyl (C=O) groups excluding carboxylic acids is 2. The van der Waals surface area contributed by atoms with E-state index in [0.29, 0.717) is 37.4 Å². The number of nitrogens with two attached hydrogens (primary N) is 1. The van der Waals surface area contributed by atoms with E-state index in [4.69, 9.17) is 5.73 Å². The van der Waals surface area contributed by atoms with Crippen molar-refractivity contribution >= 4 is 29.5 Å². The molecule has 1 aliphatic heterocycles. The zero-order valence-corrected chi connectivity index (χ0v) is 19.1. The summed E-state index contributed by atoms with van der Waals surface area (Å²) in [5, 5.41) is 21.4. The third-order valence-electron chi connectivity index (χ3n) is 5.48. The molecule has 32 heavy (non-hydrogen) atoms. The maximum absolute atomic E-state index is 12.7. The average molecular weight is 462 g/mol. The minimum atomic E-state index is -1.07. The summed E-state index contributed by atoms with van der Waals surface area (Å²) in [4.78, 5) is 40.1. The van der Waals surface area contributed by atoms with Crippen molar-refractivity contribution in [3.8, 4) is 6.07 Å². The van der Waals surface area contributed by atoms with E-state index in [1.807, 2.05) is 23.3 Å². The summed E-state index contributed by atoms with van der Waals surface area (Å²) in [6, 6.07) is 8.29. The molecule has 0 unspecified atom stereocenters. The summed E-state index contributed by atoms with van der Waals surface area (Å²) in [6.45, 7) is 1.29. The molecular formula is C22H31N5O4S. The fourth-order valence-electron chi connectivity index (χ4n) is 3.90. The molecule has 1 aromatic carbocycles. The molecule has 9 nitrogen and oxygen atoms in total. The highest BCUT2D eigenvalue weighted by molar-refractivity contribution is 7.98. The fraction of sp³-hybridized carbons (Fsp3) is 0.545. The Hall–Kier alpha value is -2.61. The molecule has 0 aliphatic carbocycles. The molecule has 0 bridgehead atoms. The van der Waals surface area contributed by atoms with Crippen molar-refractivity contribution in [3.63, 3.8) is 0 Å². The van der Waals surface area contributed by atoms with Gasteiger partial charge in [0, 0.05) is 25.7 Å². The number of benzene rings is 1. The van der Waals surface area contributed by atoms with Gasteiger partial charge in [0.25, 0.3) is 0 Å². The fourth-order valence-corrected chi connectivity index (χ4v) is 4.37. The van der Waals surface area contributed by atoms with Crippen molar-refractivity contribution in [2.24, 2.45) is 5.73 Å². The van der Waals surface area contributed by atoms with Gasteiger partial charge in [0.1, 0.15) is 6.04 Å². The number of nitriles is 1. The largest absolute Gasteiger partial charge is 0.480 e. The van der Waals surface area contributed by atoms with Gasteiger partial charge in [0.15, 0.2) is 0 Å². The molecule has 1 aliphatic rings. The Morgan fingerprint density at radius 3 is 2.81 bits per heavy atom. The first-order valence-electron chi connectivity index (χ1n) is 10.6. The van der Waals surface area contributed by atoms with Crippen molar-refractivity contribution in [1.29, 1.82) is 5.26 Å². The second kappa shape index (κ2) is 13.1. The summed E-state index contributed by atoms with van der Waals surface area (Å²) in [5.74, 6) is -0.973. The summed E-state index contributed by atoms with van der Waals surface area (Å²) in [6.07, 6.45) is 3.88. The zero-order chi connectivity index (χ0) is 23.5. The third-order valence-corrected chi connectivity index (χ3v) is 6.13. The first-order chi connectivity index (χ1) is 15.4. The quantitative estimate of drug-likeness (QED) is 0.412. The number of hydrogen-bond acceptors (Lipinski definition) is 7. The number of nitrogens with one attached hydrogen (secondary N) is 1. The van der Waals surface area contributed by atoms with E-state index in [2.05, 4.69) is 11.4 Å². The number of carboxylic acid groups (broad SMARTS) is 1. The monoisotopic (exact) mass is 461 g/mol. The molecule has 2 rings (SSSR count). The van der Waals surface area contributed by atoms with Crippen LogP contribution in [0.1, 0.15) is 30.4 Å². The lowest BCUT2D eigenvalue weighted by molar-refractivity contribution is -0.142. The van der Waals surface area contributed by atoms with Crippen LogP contribution in [0.5, 0.6) is 0 Å². The Morgan fingerprint density at radius 2 is 2.16 bits per heavy atom. The molecule has 4 N–H and O–H groups in total. The van der Waals surface area contributed by atoms with Crippen LogP contribution in [-0.4, -0.2) is 83.0 Å². The van der Waals surface area contributed by atoms with Crippen molar-refractivity contribution in [2.75, 3.05) is 38.2 Å². The van der Waals surface area contributed by atoms with Crippen molar-refractivity contribution in [1.82, 2.24) is 15.1 Å². The minimum absolute atomic E-state index is 0.0377. The molecule has 10 heteroatoms. The number of aliphatic carboxylic acids is 1. The lowest BCUT2D eigenvalue weighted by Crippen LogP contribution is -2.49. The Labute approximate surface area is 192 Å². The predicted octanol–water partition coefficient (Wildman–Crippen LogP) is 0.632. The average Bonchev–Trinajstić information content (AvgIpc) is 3.24. The number of rotatable bonds is 12. The number of nitrogens with zero attached hydrogens (tertiary/aromatic N) is 3. The number of thioether (sulfide) groups is 1. The Balaban J connectivity index is 2.16. The lowest BCUT2D eigenvalue weighted by Gasteiger charge is -2.31. The van der Waals surface area contributed by atoms with Crippen LogP contribution in [0.25, 0.3) is 0 Å². The molecule has 0 radical (unpaired) electrons. The highest BCUT2D eigenvalue weighted by Crippen LogP contribution is 2.20. The number of carboxylic acids is 1. The molecule has 2 amide bonds. The number of carbonyl (C=O) groups is 3. The van der Waals surface area contributed by atoms with Gasteiger partial charge in [0.05, 0.1) is 24.7 Å². The van der Waals surface area contributed by atoms with Crippen LogP contribution < -0.4 is 11.1 Å². The van der Waals surface area contributed by atoms with Crippen molar-refractivity contribution < 1.29 is 19.5 Å². The van der Waals surface area contributed by atoms with Gasteiger partial charge in [-0.1, -0.05) is 18.2 Å². The van der Waals surface area contributed by atoms with Gasteiger partial charge >= 0.3 is 5.97 Å². The topological polar surface area (TPSA) is 140 Å². The van der Waals surface area contributed by atoms with Crippen LogP contribution >= 0.6 is 11.8 Å².